The lowest BCUT2D eigenvalue weighted by atomic mass is 9.91. The van der Waals surface area contributed by atoms with Crippen molar-refractivity contribution in [2.24, 2.45) is 5.73 Å². The molecule has 1 aliphatic rings. The van der Waals surface area contributed by atoms with E-state index >= 15 is 0 Å². The van der Waals surface area contributed by atoms with Crippen LogP contribution in [0.25, 0.3) is 0 Å². The van der Waals surface area contributed by atoms with Gasteiger partial charge < -0.3 is 16.4 Å². The van der Waals surface area contributed by atoms with Gasteiger partial charge in [-0.2, -0.15) is 0 Å². The van der Waals surface area contributed by atoms with E-state index in [0.29, 0.717) is 5.56 Å². The first-order valence-corrected chi connectivity index (χ1v) is 8.20. The van der Waals surface area contributed by atoms with Crippen LogP contribution in [0.3, 0.4) is 0 Å². The Labute approximate surface area is 149 Å². The van der Waals surface area contributed by atoms with E-state index in [1.54, 1.807) is 0 Å². The van der Waals surface area contributed by atoms with Crippen LogP contribution in [0.2, 0.25) is 0 Å². The summed E-state index contributed by atoms with van der Waals surface area (Å²) in [6, 6.07) is 18.0. The van der Waals surface area contributed by atoms with Crippen molar-refractivity contribution in [1.82, 2.24) is 5.32 Å². The summed E-state index contributed by atoms with van der Waals surface area (Å²) in [5.74, 6) is -0.0236. The fourth-order valence-corrected chi connectivity index (χ4v) is 2.99. The summed E-state index contributed by atoms with van der Waals surface area (Å²) in [5, 5.41) is 6.46. The Hall–Kier alpha value is -2.04. The Balaban J connectivity index is 0.00000208. The lowest BCUT2D eigenvalue weighted by molar-refractivity contribution is 0.0926. The molecule has 3 rings (SSSR count). The number of para-hydroxylation sites is 2. The molecule has 0 bridgehead atoms. The van der Waals surface area contributed by atoms with E-state index < -0.39 is 0 Å². The van der Waals surface area contributed by atoms with Crippen molar-refractivity contribution in [1.29, 1.82) is 0 Å². The van der Waals surface area contributed by atoms with Gasteiger partial charge in [0.1, 0.15) is 0 Å². The monoisotopic (exact) mass is 345 g/mol. The van der Waals surface area contributed by atoms with E-state index in [2.05, 4.69) is 10.6 Å². The number of nitrogens with two attached hydrogens (primary N) is 1. The van der Waals surface area contributed by atoms with Gasteiger partial charge in [0.15, 0.2) is 0 Å². The Morgan fingerprint density at radius 1 is 0.917 bits per heavy atom. The minimum atomic E-state index is -0.0236. The van der Waals surface area contributed by atoms with E-state index in [1.165, 1.54) is 0 Å². The second kappa shape index (κ2) is 8.71. The average molecular weight is 346 g/mol. The van der Waals surface area contributed by atoms with Crippen molar-refractivity contribution >= 4 is 29.7 Å². The molecule has 1 amide bonds. The smallest absolute Gasteiger partial charge is 0.253 e. The number of benzene rings is 2. The normalized spacial score (nSPS) is 19.9. The molecule has 0 atom stereocenters. The molecule has 24 heavy (non-hydrogen) atoms. The highest BCUT2D eigenvalue weighted by molar-refractivity contribution is 6.00. The molecule has 0 saturated heterocycles. The SMILES string of the molecule is Cl.NC1CCC(NC(=O)c2ccccc2Nc2ccccc2)CC1. The van der Waals surface area contributed by atoms with Gasteiger partial charge in [-0.15, -0.1) is 12.4 Å². The topological polar surface area (TPSA) is 67.1 Å². The van der Waals surface area contributed by atoms with Crippen molar-refractivity contribution in [2.45, 2.75) is 37.8 Å². The number of hydrogen-bond acceptors (Lipinski definition) is 3. The van der Waals surface area contributed by atoms with Gasteiger partial charge >= 0.3 is 0 Å². The zero-order valence-electron chi connectivity index (χ0n) is 13.6. The van der Waals surface area contributed by atoms with Gasteiger partial charge in [0.25, 0.3) is 5.91 Å². The van der Waals surface area contributed by atoms with E-state index in [4.69, 9.17) is 5.73 Å². The number of amides is 1. The van der Waals surface area contributed by atoms with Crippen molar-refractivity contribution in [3.63, 3.8) is 0 Å². The van der Waals surface area contributed by atoms with Gasteiger partial charge in [-0.3, -0.25) is 4.79 Å². The van der Waals surface area contributed by atoms with E-state index in [1.807, 2.05) is 54.6 Å². The molecule has 0 unspecified atom stereocenters. The number of nitrogens with one attached hydrogen (secondary N) is 2. The second-order valence-electron chi connectivity index (χ2n) is 6.12. The number of hydrogen-bond donors (Lipinski definition) is 3. The third-order valence-corrected chi connectivity index (χ3v) is 4.33. The maximum absolute atomic E-state index is 12.6. The highest BCUT2D eigenvalue weighted by atomic mass is 35.5. The minimum absolute atomic E-state index is 0. The Kier molecular flexibility index (Phi) is 6.64. The molecule has 0 heterocycles. The summed E-state index contributed by atoms with van der Waals surface area (Å²) < 4.78 is 0. The molecule has 0 aliphatic heterocycles. The number of halogens is 1. The predicted molar refractivity (Wildman–Crippen MR) is 101 cm³/mol. The Morgan fingerprint density at radius 3 is 2.25 bits per heavy atom. The molecule has 128 valence electrons. The summed E-state index contributed by atoms with van der Waals surface area (Å²) in [6.07, 6.45) is 3.88. The Morgan fingerprint density at radius 2 is 1.54 bits per heavy atom. The highest BCUT2D eigenvalue weighted by Gasteiger charge is 2.21. The molecule has 4 nitrogen and oxygen atoms in total. The zero-order chi connectivity index (χ0) is 16.1. The largest absolute Gasteiger partial charge is 0.355 e. The highest BCUT2D eigenvalue weighted by Crippen LogP contribution is 2.22. The molecule has 1 fully saturated rings. The van der Waals surface area contributed by atoms with Crippen LogP contribution in [0.15, 0.2) is 54.6 Å². The third-order valence-electron chi connectivity index (χ3n) is 4.33. The Bertz CT molecular complexity index is 655. The average Bonchev–Trinajstić information content (AvgIpc) is 2.58. The molecule has 2 aromatic rings. The lowest BCUT2D eigenvalue weighted by Crippen LogP contribution is -2.40. The van der Waals surface area contributed by atoms with Crippen LogP contribution >= 0.6 is 12.4 Å². The standard InChI is InChI=1S/C19H23N3O.ClH/c20-14-10-12-16(13-11-14)22-19(23)17-8-4-5-9-18(17)21-15-6-2-1-3-7-15;/h1-9,14,16,21H,10-13,20H2,(H,22,23);1H. The number of carbonyl (C=O) groups excluding carboxylic acids is 1. The third kappa shape index (κ3) is 4.73. The van der Waals surface area contributed by atoms with E-state index in [-0.39, 0.29) is 30.4 Å². The molecule has 0 radical (unpaired) electrons. The molecule has 1 aliphatic carbocycles. The fourth-order valence-electron chi connectivity index (χ4n) is 2.99. The summed E-state index contributed by atoms with van der Waals surface area (Å²) >= 11 is 0. The van der Waals surface area contributed by atoms with Crippen LogP contribution in [-0.4, -0.2) is 18.0 Å². The molecule has 4 N–H and O–H groups in total. The predicted octanol–water partition coefficient (Wildman–Crippen LogP) is 3.85. The quantitative estimate of drug-likeness (QED) is 0.788. The molecule has 2 aromatic carbocycles. The van der Waals surface area contributed by atoms with Gasteiger partial charge in [-0.25, -0.2) is 0 Å². The summed E-state index contributed by atoms with van der Waals surface area (Å²) in [5.41, 5.74) is 8.39. The van der Waals surface area contributed by atoms with E-state index in [9.17, 15) is 4.79 Å². The van der Waals surface area contributed by atoms with Gasteiger partial charge in [0.2, 0.25) is 0 Å². The van der Waals surface area contributed by atoms with Crippen molar-refractivity contribution < 1.29 is 4.79 Å². The molecule has 0 spiro atoms. The van der Waals surface area contributed by atoms with Crippen LogP contribution in [0.4, 0.5) is 11.4 Å². The molecule has 1 saturated carbocycles. The number of anilines is 2. The van der Waals surface area contributed by atoms with Crippen molar-refractivity contribution in [3.05, 3.63) is 60.2 Å². The lowest BCUT2D eigenvalue weighted by Gasteiger charge is -2.27. The minimum Gasteiger partial charge on any atom is -0.355 e. The van der Waals surface area contributed by atoms with Crippen LogP contribution in [-0.2, 0) is 0 Å². The summed E-state index contributed by atoms with van der Waals surface area (Å²) in [4.78, 5) is 12.6. The molecular weight excluding hydrogens is 322 g/mol. The second-order valence-corrected chi connectivity index (χ2v) is 6.12. The maximum Gasteiger partial charge on any atom is 0.253 e. The maximum atomic E-state index is 12.6. The summed E-state index contributed by atoms with van der Waals surface area (Å²) in [7, 11) is 0. The van der Waals surface area contributed by atoms with E-state index in [0.717, 1.165) is 37.1 Å². The van der Waals surface area contributed by atoms with Crippen LogP contribution in [0.1, 0.15) is 36.0 Å². The van der Waals surface area contributed by atoms with Gasteiger partial charge in [-0.05, 0) is 49.9 Å². The zero-order valence-corrected chi connectivity index (χ0v) is 14.4. The van der Waals surface area contributed by atoms with Gasteiger partial charge in [0, 0.05) is 17.8 Å². The van der Waals surface area contributed by atoms with Gasteiger partial charge in [0.05, 0.1) is 11.3 Å². The van der Waals surface area contributed by atoms with Crippen LogP contribution < -0.4 is 16.4 Å². The molecule has 0 aromatic heterocycles. The number of carbonyl (C=O) groups is 1. The molecule has 5 heteroatoms. The fraction of sp³-hybridized carbons (Fsp3) is 0.316. The van der Waals surface area contributed by atoms with Crippen LogP contribution in [0, 0.1) is 0 Å². The first-order valence-electron chi connectivity index (χ1n) is 8.20. The van der Waals surface area contributed by atoms with Crippen LogP contribution in [0.5, 0.6) is 0 Å². The first-order chi connectivity index (χ1) is 11.2. The first kappa shape index (κ1) is 18.3. The summed E-state index contributed by atoms with van der Waals surface area (Å²) in [6.45, 7) is 0. The van der Waals surface area contributed by atoms with Crippen molar-refractivity contribution in [2.75, 3.05) is 5.32 Å². The van der Waals surface area contributed by atoms with Crippen molar-refractivity contribution in [3.8, 4) is 0 Å². The van der Waals surface area contributed by atoms with Gasteiger partial charge in [-0.1, -0.05) is 30.3 Å². The number of rotatable bonds is 4. The molecular formula is C19H24ClN3O.